The molecule has 1 aliphatic heterocycles. The molecule has 0 aliphatic carbocycles. The predicted molar refractivity (Wildman–Crippen MR) is 41.8 cm³/mol. The maximum Gasteiger partial charge on any atom is 0.209 e. The van der Waals surface area contributed by atoms with Gasteiger partial charge in [-0.05, 0) is 19.9 Å². The van der Waals surface area contributed by atoms with E-state index in [1.54, 1.807) is 7.11 Å². The van der Waals surface area contributed by atoms with E-state index in [0.29, 0.717) is 0 Å². The Bertz CT molecular complexity index is 175. The monoisotopic (exact) mass is 154 g/mol. The summed E-state index contributed by atoms with van der Waals surface area (Å²) >= 11 is 0. The molecule has 1 atom stereocenters. The summed E-state index contributed by atoms with van der Waals surface area (Å²) in [6.07, 6.45) is 3.09. The van der Waals surface area contributed by atoms with E-state index in [9.17, 15) is 0 Å². The van der Waals surface area contributed by atoms with Crippen LogP contribution >= 0.6 is 0 Å². The summed E-state index contributed by atoms with van der Waals surface area (Å²) in [5.41, 5.74) is -0.641. The minimum Gasteiger partial charge on any atom is -0.351 e. The van der Waals surface area contributed by atoms with Crippen molar-refractivity contribution >= 4 is 0 Å². The second kappa shape index (κ2) is 3.21. The van der Waals surface area contributed by atoms with E-state index in [1.807, 2.05) is 11.9 Å². The average molecular weight is 154 g/mol. The van der Waals surface area contributed by atoms with E-state index in [1.165, 1.54) is 6.42 Å². The quantitative estimate of drug-likeness (QED) is 0.564. The minimum absolute atomic E-state index is 0.641. The number of rotatable bonds is 1. The van der Waals surface area contributed by atoms with Crippen molar-refractivity contribution in [1.29, 1.82) is 5.26 Å². The molecule has 1 aliphatic rings. The lowest BCUT2D eigenvalue weighted by Gasteiger charge is -2.38. The highest BCUT2D eigenvalue weighted by molar-refractivity contribution is 5.01. The molecule has 0 bridgehead atoms. The van der Waals surface area contributed by atoms with E-state index in [-0.39, 0.29) is 0 Å². The number of hydrogen-bond acceptors (Lipinski definition) is 3. The van der Waals surface area contributed by atoms with Crippen molar-refractivity contribution in [2.24, 2.45) is 0 Å². The lowest BCUT2D eigenvalue weighted by molar-refractivity contribution is -0.101. The Labute approximate surface area is 67.6 Å². The fourth-order valence-electron chi connectivity index (χ4n) is 1.53. The van der Waals surface area contributed by atoms with Crippen molar-refractivity contribution in [3.05, 3.63) is 0 Å². The van der Waals surface area contributed by atoms with Gasteiger partial charge in [0.2, 0.25) is 5.72 Å². The second-order valence-corrected chi connectivity index (χ2v) is 2.98. The van der Waals surface area contributed by atoms with Gasteiger partial charge in [-0.2, -0.15) is 5.26 Å². The highest BCUT2D eigenvalue weighted by atomic mass is 16.5. The first-order chi connectivity index (χ1) is 5.25. The van der Waals surface area contributed by atoms with Crippen LogP contribution in [0.2, 0.25) is 0 Å². The molecule has 1 heterocycles. The molecule has 0 radical (unpaired) electrons. The zero-order chi connectivity index (χ0) is 8.32. The maximum atomic E-state index is 8.90. The van der Waals surface area contributed by atoms with Crippen molar-refractivity contribution in [1.82, 2.24) is 4.90 Å². The maximum absolute atomic E-state index is 8.90. The van der Waals surface area contributed by atoms with Gasteiger partial charge in [-0.15, -0.1) is 0 Å². The van der Waals surface area contributed by atoms with Crippen LogP contribution in [0.5, 0.6) is 0 Å². The normalized spacial score (nSPS) is 33.2. The third-order valence-corrected chi connectivity index (χ3v) is 2.39. The van der Waals surface area contributed by atoms with E-state index in [0.717, 1.165) is 19.4 Å². The van der Waals surface area contributed by atoms with E-state index in [4.69, 9.17) is 10.00 Å². The van der Waals surface area contributed by atoms with Crippen LogP contribution in [0.1, 0.15) is 19.3 Å². The number of nitrogens with zero attached hydrogens (tertiary/aromatic N) is 2. The lowest BCUT2D eigenvalue weighted by atomic mass is 10.0. The molecule has 1 fully saturated rings. The first-order valence-corrected chi connectivity index (χ1v) is 3.93. The Hall–Kier alpha value is -0.590. The highest BCUT2D eigenvalue weighted by Gasteiger charge is 2.36. The van der Waals surface area contributed by atoms with Gasteiger partial charge in [0.15, 0.2) is 0 Å². The Balaban J connectivity index is 2.71. The molecule has 0 spiro atoms. The zero-order valence-electron chi connectivity index (χ0n) is 7.13. The van der Waals surface area contributed by atoms with Gasteiger partial charge in [0.25, 0.3) is 0 Å². The van der Waals surface area contributed by atoms with Crippen LogP contribution in [-0.2, 0) is 4.74 Å². The summed E-state index contributed by atoms with van der Waals surface area (Å²) in [5.74, 6) is 0. The Morgan fingerprint density at radius 3 is 2.64 bits per heavy atom. The molecule has 0 amide bonds. The molecule has 0 aromatic heterocycles. The molecule has 1 saturated heterocycles. The summed E-state index contributed by atoms with van der Waals surface area (Å²) in [4.78, 5) is 1.98. The van der Waals surface area contributed by atoms with Crippen LogP contribution in [0.25, 0.3) is 0 Å². The highest BCUT2D eigenvalue weighted by Crippen LogP contribution is 2.26. The molecule has 1 rings (SSSR count). The molecule has 0 N–H and O–H groups in total. The van der Waals surface area contributed by atoms with Crippen molar-refractivity contribution in [3.8, 4) is 6.07 Å². The third kappa shape index (κ3) is 1.37. The molecule has 0 aromatic carbocycles. The van der Waals surface area contributed by atoms with E-state index >= 15 is 0 Å². The van der Waals surface area contributed by atoms with Gasteiger partial charge in [0.1, 0.15) is 6.07 Å². The van der Waals surface area contributed by atoms with Gasteiger partial charge < -0.3 is 4.74 Å². The van der Waals surface area contributed by atoms with Gasteiger partial charge in [0, 0.05) is 20.1 Å². The van der Waals surface area contributed by atoms with Gasteiger partial charge in [-0.1, -0.05) is 0 Å². The molecule has 11 heavy (non-hydrogen) atoms. The van der Waals surface area contributed by atoms with E-state index < -0.39 is 5.72 Å². The van der Waals surface area contributed by atoms with Gasteiger partial charge in [-0.3, -0.25) is 4.90 Å². The molecular formula is C8H14N2O. The summed E-state index contributed by atoms with van der Waals surface area (Å²) < 4.78 is 5.20. The van der Waals surface area contributed by atoms with Crippen molar-refractivity contribution in [2.45, 2.75) is 25.0 Å². The number of piperidine rings is 1. The van der Waals surface area contributed by atoms with Crippen molar-refractivity contribution in [2.75, 3.05) is 20.7 Å². The standard InChI is InChI=1S/C8H14N2O/c1-10-6-4-3-5-8(10,7-9)11-2/h3-6H2,1-2H3. The van der Waals surface area contributed by atoms with Gasteiger partial charge in [-0.25, -0.2) is 0 Å². The molecule has 0 aromatic rings. The molecule has 3 nitrogen and oxygen atoms in total. The summed E-state index contributed by atoms with van der Waals surface area (Å²) in [6, 6.07) is 2.22. The van der Waals surface area contributed by atoms with Crippen molar-refractivity contribution in [3.63, 3.8) is 0 Å². The first kappa shape index (κ1) is 8.51. The zero-order valence-corrected chi connectivity index (χ0v) is 7.13. The van der Waals surface area contributed by atoms with Crippen molar-refractivity contribution < 1.29 is 4.74 Å². The van der Waals surface area contributed by atoms with Gasteiger partial charge >= 0.3 is 0 Å². The van der Waals surface area contributed by atoms with Crippen LogP contribution in [0.3, 0.4) is 0 Å². The van der Waals surface area contributed by atoms with Crippen LogP contribution in [0.15, 0.2) is 0 Å². The largest absolute Gasteiger partial charge is 0.351 e. The number of hydrogen-bond donors (Lipinski definition) is 0. The number of ether oxygens (including phenoxy) is 1. The van der Waals surface area contributed by atoms with Gasteiger partial charge in [0.05, 0.1) is 0 Å². The second-order valence-electron chi connectivity index (χ2n) is 2.98. The summed E-state index contributed by atoms with van der Waals surface area (Å²) in [5, 5.41) is 8.90. The van der Waals surface area contributed by atoms with Crippen LogP contribution in [0.4, 0.5) is 0 Å². The minimum atomic E-state index is -0.641. The number of likely N-dealkylation sites (tertiary alicyclic amines) is 1. The SMILES string of the molecule is COC1(C#N)CCCCN1C. The predicted octanol–water partition coefficient (Wildman–Crippen LogP) is 0.968. The Morgan fingerprint density at radius 1 is 1.55 bits per heavy atom. The first-order valence-electron chi connectivity index (χ1n) is 3.93. The molecule has 1 unspecified atom stereocenters. The number of nitriles is 1. The van der Waals surface area contributed by atoms with Crippen LogP contribution in [-0.4, -0.2) is 31.3 Å². The lowest BCUT2D eigenvalue weighted by Crippen LogP contribution is -2.49. The molecule has 3 heteroatoms. The van der Waals surface area contributed by atoms with Crippen LogP contribution < -0.4 is 0 Å². The summed E-state index contributed by atoms with van der Waals surface area (Å²) in [6.45, 7) is 0.960. The fraction of sp³-hybridized carbons (Fsp3) is 0.875. The third-order valence-electron chi connectivity index (χ3n) is 2.39. The average Bonchev–Trinajstić information content (AvgIpc) is 2.06. The van der Waals surface area contributed by atoms with E-state index in [2.05, 4.69) is 6.07 Å². The molecule has 0 saturated carbocycles. The Morgan fingerprint density at radius 2 is 2.27 bits per heavy atom. The molecular weight excluding hydrogens is 140 g/mol. The fourth-order valence-corrected chi connectivity index (χ4v) is 1.53. The number of methoxy groups -OCH3 is 1. The Kier molecular flexibility index (Phi) is 2.48. The smallest absolute Gasteiger partial charge is 0.209 e. The molecule has 62 valence electrons. The van der Waals surface area contributed by atoms with Crippen LogP contribution in [0, 0.1) is 11.3 Å². The topological polar surface area (TPSA) is 36.3 Å². The summed E-state index contributed by atoms with van der Waals surface area (Å²) in [7, 11) is 3.54.